The van der Waals surface area contributed by atoms with Crippen molar-refractivity contribution in [1.29, 1.82) is 0 Å². The second-order valence-corrected chi connectivity index (χ2v) is 9.95. The number of rotatable bonds is 3. The van der Waals surface area contributed by atoms with Gasteiger partial charge >= 0.3 is 0 Å². The lowest BCUT2D eigenvalue weighted by Crippen LogP contribution is -2.14. The SMILES string of the molecule is Cc1ccc(-c2ccc(-c3ccc(-c4ccc5c(c4)C(C)(C)c4ccccc4-5)cc3)cc2)cc1. The van der Waals surface area contributed by atoms with Crippen LogP contribution in [-0.4, -0.2) is 0 Å². The summed E-state index contributed by atoms with van der Waals surface area (Å²) in [6.45, 7) is 6.80. The molecule has 0 N–H and O–H groups in total. The fraction of sp³-hybridized carbons (Fsp3) is 0.118. The van der Waals surface area contributed by atoms with Gasteiger partial charge in [0.25, 0.3) is 0 Å². The first kappa shape index (κ1) is 20.7. The molecule has 0 bridgehead atoms. The largest absolute Gasteiger partial charge is 0.0619 e. The molecule has 5 aromatic rings. The fourth-order valence-electron chi connectivity index (χ4n) is 5.34. The molecule has 0 heteroatoms. The van der Waals surface area contributed by atoms with Crippen LogP contribution < -0.4 is 0 Å². The first-order chi connectivity index (χ1) is 16.5. The zero-order chi connectivity index (χ0) is 23.3. The molecule has 1 aliphatic carbocycles. The van der Waals surface area contributed by atoms with Crippen LogP contribution in [0, 0.1) is 6.92 Å². The summed E-state index contributed by atoms with van der Waals surface area (Å²) in [7, 11) is 0. The second-order valence-electron chi connectivity index (χ2n) is 9.95. The van der Waals surface area contributed by atoms with Crippen LogP contribution in [0.2, 0.25) is 0 Å². The third-order valence-corrected chi connectivity index (χ3v) is 7.40. The molecular weight excluding hydrogens is 408 g/mol. The van der Waals surface area contributed by atoms with Crippen LogP contribution in [0.1, 0.15) is 30.5 Å². The molecule has 0 atom stereocenters. The quantitative estimate of drug-likeness (QED) is 0.264. The molecule has 0 spiro atoms. The lowest BCUT2D eigenvalue weighted by molar-refractivity contribution is 0.660. The third kappa shape index (κ3) is 3.38. The standard InChI is InChI=1S/C34H28/c1-23-8-10-24(11-9-23)25-12-14-26(15-13-25)27-16-18-28(19-17-27)29-20-21-31-30-6-4-5-7-32(30)34(2,3)33(31)22-29/h4-22H,1-3H3. The monoisotopic (exact) mass is 436 g/mol. The van der Waals surface area contributed by atoms with E-state index in [1.807, 2.05) is 0 Å². The van der Waals surface area contributed by atoms with Crippen molar-refractivity contribution >= 4 is 0 Å². The van der Waals surface area contributed by atoms with Gasteiger partial charge in [-0.2, -0.15) is 0 Å². The van der Waals surface area contributed by atoms with E-state index in [1.165, 1.54) is 61.2 Å². The first-order valence-electron chi connectivity index (χ1n) is 12.0. The Morgan fingerprint density at radius 3 is 1.38 bits per heavy atom. The molecule has 0 aliphatic heterocycles. The third-order valence-electron chi connectivity index (χ3n) is 7.40. The van der Waals surface area contributed by atoms with Crippen molar-refractivity contribution in [3.05, 3.63) is 132 Å². The Bertz CT molecular complexity index is 1480. The minimum atomic E-state index is 0.0288. The Balaban J connectivity index is 1.29. The molecule has 0 nitrogen and oxygen atoms in total. The number of aryl methyl sites for hydroxylation is 1. The van der Waals surface area contributed by atoms with Crippen molar-refractivity contribution in [2.75, 3.05) is 0 Å². The maximum atomic E-state index is 2.39. The van der Waals surface area contributed by atoms with Gasteiger partial charge in [-0.15, -0.1) is 0 Å². The molecule has 0 amide bonds. The number of fused-ring (bicyclic) bond motifs is 3. The predicted octanol–water partition coefficient (Wildman–Crippen LogP) is 9.30. The molecule has 0 aromatic heterocycles. The maximum Gasteiger partial charge on any atom is 0.0159 e. The average Bonchev–Trinajstić information content (AvgIpc) is 3.11. The Morgan fingerprint density at radius 1 is 0.412 bits per heavy atom. The van der Waals surface area contributed by atoms with E-state index < -0.39 is 0 Å². The smallest absolute Gasteiger partial charge is 0.0159 e. The van der Waals surface area contributed by atoms with Gasteiger partial charge in [-0.1, -0.05) is 129 Å². The van der Waals surface area contributed by atoms with Crippen LogP contribution in [0.3, 0.4) is 0 Å². The van der Waals surface area contributed by atoms with Crippen LogP contribution in [0.25, 0.3) is 44.5 Å². The Morgan fingerprint density at radius 2 is 0.824 bits per heavy atom. The number of hydrogen-bond donors (Lipinski definition) is 0. The molecule has 1 aliphatic rings. The highest BCUT2D eigenvalue weighted by molar-refractivity contribution is 5.84. The van der Waals surface area contributed by atoms with Gasteiger partial charge in [0.05, 0.1) is 0 Å². The van der Waals surface area contributed by atoms with E-state index >= 15 is 0 Å². The molecule has 0 heterocycles. The van der Waals surface area contributed by atoms with Crippen molar-refractivity contribution in [1.82, 2.24) is 0 Å². The number of hydrogen-bond acceptors (Lipinski definition) is 0. The predicted molar refractivity (Wildman–Crippen MR) is 145 cm³/mol. The van der Waals surface area contributed by atoms with Crippen molar-refractivity contribution in [3.63, 3.8) is 0 Å². The fourth-order valence-corrected chi connectivity index (χ4v) is 5.34. The lowest BCUT2D eigenvalue weighted by atomic mass is 9.81. The normalized spacial score (nSPS) is 13.4. The molecule has 0 saturated carbocycles. The van der Waals surface area contributed by atoms with Gasteiger partial charge in [-0.25, -0.2) is 0 Å². The van der Waals surface area contributed by atoms with Crippen LogP contribution >= 0.6 is 0 Å². The van der Waals surface area contributed by atoms with E-state index in [9.17, 15) is 0 Å². The molecule has 0 radical (unpaired) electrons. The zero-order valence-electron chi connectivity index (χ0n) is 20.0. The molecule has 164 valence electrons. The van der Waals surface area contributed by atoms with Crippen molar-refractivity contribution in [2.24, 2.45) is 0 Å². The molecule has 0 fully saturated rings. The van der Waals surface area contributed by atoms with Crippen molar-refractivity contribution < 1.29 is 0 Å². The Labute approximate surface area is 202 Å². The van der Waals surface area contributed by atoms with E-state index in [0.717, 1.165) is 0 Å². The van der Waals surface area contributed by atoms with Crippen molar-refractivity contribution in [2.45, 2.75) is 26.2 Å². The molecule has 6 rings (SSSR count). The van der Waals surface area contributed by atoms with Gasteiger partial charge in [0, 0.05) is 5.41 Å². The molecular formula is C34H28. The second kappa shape index (κ2) is 7.85. The van der Waals surface area contributed by atoms with Crippen molar-refractivity contribution in [3.8, 4) is 44.5 Å². The summed E-state index contributed by atoms with van der Waals surface area (Å²) in [5.41, 5.74) is 14.4. The zero-order valence-corrected chi connectivity index (χ0v) is 20.0. The minimum Gasteiger partial charge on any atom is -0.0619 e. The van der Waals surface area contributed by atoms with Crippen LogP contribution in [0.5, 0.6) is 0 Å². The van der Waals surface area contributed by atoms with Gasteiger partial charge in [-0.3, -0.25) is 0 Å². The lowest BCUT2D eigenvalue weighted by Gasteiger charge is -2.22. The van der Waals surface area contributed by atoms with Gasteiger partial charge in [-0.05, 0) is 68.6 Å². The molecule has 0 saturated heterocycles. The Hall–Kier alpha value is -3.90. The van der Waals surface area contributed by atoms with Crippen LogP contribution in [0.4, 0.5) is 0 Å². The summed E-state index contributed by atoms with van der Waals surface area (Å²) < 4.78 is 0. The van der Waals surface area contributed by atoms with E-state index in [-0.39, 0.29) is 5.41 Å². The highest BCUT2D eigenvalue weighted by atomic mass is 14.4. The Kier molecular flexibility index (Phi) is 4.78. The van der Waals surface area contributed by atoms with Crippen LogP contribution in [-0.2, 0) is 5.41 Å². The molecule has 5 aromatic carbocycles. The van der Waals surface area contributed by atoms with E-state index in [1.54, 1.807) is 0 Å². The highest BCUT2D eigenvalue weighted by Gasteiger charge is 2.35. The van der Waals surface area contributed by atoms with Gasteiger partial charge in [0.15, 0.2) is 0 Å². The first-order valence-corrected chi connectivity index (χ1v) is 12.0. The van der Waals surface area contributed by atoms with Gasteiger partial charge in [0.2, 0.25) is 0 Å². The number of benzene rings is 5. The van der Waals surface area contributed by atoms with Gasteiger partial charge < -0.3 is 0 Å². The molecule has 34 heavy (non-hydrogen) atoms. The summed E-state index contributed by atoms with van der Waals surface area (Å²) in [5.74, 6) is 0. The minimum absolute atomic E-state index is 0.0288. The van der Waals surface area contributed by atoms with Crippen LogP contribution in [0.15, 0.2) is 115 Å². The highest BCUT2D eigenvalue weighted by Crippen LogP contribution is 2.49. The maximum absolute atomic E-state index is 2.39. The van der Waals surface area contributed by atoms with E-state index in [4.69, 9.17) is 0 Å². The topological polar surface area (TPSA) is 0 Å². The van der Waals surface area contributed by atoms with E-state index in [0.29, 0.717) is 0 Å². The summed E-state index contributed by atoms with van der Waals surface area (Å²) >= 11 is 0. The summed E-state index contributed by atoms with van der Waals surface area (Å²) in [4.78, 5) is 0. The summed E-state index contributed by atoms with van der Waals surface area (Å²) in [6, 6.07) is 42.3. The summed E-state index contributed by atoms with van der Waals surface area (Å²) in [6.07, 6.45) is 0. The average molecular weight is 437 g/mol. The summed E-state index contributed by atoms with van der Waals surface area (Å²) in [5, 5.41) is 0. The van der Waals surface area contributed by atoms with Gasteiger partial charge in [0.1, 0.15) is 0 Å². The molecule has 0 unspecified atom stereocenters. The van der Waals surface area contributed by atoms with E-state index in [2.05, 4.69) is 136 Å².